The fraction of sp³-hybridized carbons (Fsp3) is 0.733. The van der Waals surface area contributed by atoms with Gasteiger partial charge in [0, 0.05) is 12.5 Å². The summed E-state index contributed by atoms with van der Waals surface area (Å²) in [5.41, 5.74) is -1.31. The van der Waals surface area contributed by atoms with Crippen LogP contribution in [0, 0.1) is 11.8 Å². The highest BCUT2D eigenvalue weighted by molar-refractivity contribution is 5.27. The largest absolute Gasteiger partial charge is 0.385 e. The third-order valence-corrected chi connectivity index (χ3v) is 4.39. The zero-order valence-electron chi connectivity index (χ0n) is 11.0. The first kappa shape index (κ1) is 13.7. The summed E-state index contributed by atoms with van der Waals surface area (Å²) in [5.74, 6) is -0.464. The molecule has 0 aromatic carbocycles. The molecule has 2 rings (SSSR count). The lowest BCUT2D eigenvalue weighted by atomic mass is 9.70. The molecule has 0 aromatic heterocycles. The van der Waals surface area contributed by atoms with Crippen LogP contribution in [0.4, 0.5) is 8.78 Å². The SMILES string of the molecule is CCCC1CCC(C2(O)C=C(F)C=C(F)C2)CC1. The van der Waals surface area contributed by atoms with Crippen molar-refractivity contribution >= 4 is 0 Å². The van der Waals surface area contributed by atoms with Crippen LogP contribution in [-0.4, -0.2) is 10.7 Å². The number of rotatable bonds is 3. The highest BCUT2D eigenvalue weighted by Gasteiger charge is 2.40. The highest BCUT2D eigenvalue weighted by atomic mass is 19.1. The number of aliphatic hydroxyl groups is 1. The standard InChI is InChI=1S/C15H22F2O/c1-2-3-11-4-6-12(7-5-11)15(18)9-13(16)8-14(17)10-15/h8-9,11-12,18H,2-7,10H2,1H3. The van der Waals surface area contributed by atoms with Gasteiger partial charge in [0.2, 0.25) is 0 Å². The van der Waals surface area contributed by atoms with Crippen molar-refractivity contribution in [1.82, 2.24) is 0 Å². The Hall–Kier alpha value is -0.700. The monoisotopic (exact) mass is 256 g/mol. The molecule has 2 aliphatic rings. The topological polar surface area (TPSA) is 20.2 Å². The summed E-state index contributed by atoms with van der Waals surface area (Å²) in [6.07, 6.45) is 8.32. The van der Waals surface area contributed by atoms with Gasteiger partial charge in [-0.05, 0) is 30.8 Å². The Labute approximate surface area is 108 Å². The summed E-state index contributed by atoms with van der Waals surface area (Å²) in [6, 6.07) is 0. The number of hydrogen-bond donors (Lipinski definition) is 1. The molecular formula is C15H22F2O. The molecule has 0 spiro atoms. The lowest BCUT2D eigenvalue weighted by Gasteiger charge is -2.39. The van der Waals surface area contributed by atoms with Gasteiger partial charge in [0.15, 0.2) is 0 Å². The molecule has 1 saturated carbocycles. The Morgan fingerprint density at radius 3 is 2.50 bits per heavy atom. The normalized spacial score (nSPS) is 37.1. The average Bonchev–Trinajstić information content (AvgIpc) is 2.28. The van der Waals surface area contributed by atoms with Crippen LogP contribution in [0.3, 0.4) is 0 Å². The number of halogens is 2. The van der Waals surface area contributed by atoms with E-state index in [1.54, 1.807) is 0 Å². The molecule has 1 atom stereocenters. The molecule has 0 bridgehead atoms. The smallest absolute Gasteiger partial charge is 0.124 e. The summed E-state index contributed by atoms with van der Waals surface area (Å²) in [6.45, 7) is 2.18. The van der Waals surface area contributed by atoms with E-state index in [1.807, 2.05) is 0 Å². The van der Waals surface area contributed by atoms with Crippen molar-refractivity contribution in [3.63, 3.8) is 0 Å². The molecule has 1 N–H and O–H groups in total. The molecule has 1 nitrogen and oxygen atoms in total. The van der Waals surface area contributed by atoms with Gasteiger partial charge in [0.05, 0.1) is 5.60 Å². The van der Waals surface area contributed by atoms with E-state index < -0.39 is 17.3 Å². The van der Waals surface area contributed by atoms with Crippen molar-refractivity contribution in [2.75, 3.05) is 0 Å². The van der Waals surface area contributed by atoms with Crippen LogP contribution in [-0.2, 0) is 0 Å². The van der Waals surface area contributed by atoms with Crippen LogP contribution in [0.2, 0.25) is 0 Å². The summed E-state index contributed by atoms with van der Waals surface area (Å²) in [7, 11) is 0. The van der Waals surface area contributed by atoms with E-state index in [0.29, 0.717) is 0 Å². The van der Waals surface area contributed by atoms with E-state index in [9.17, 15) is 13.9 Å². The molecule has 0 saturated heterocycles. The Balaban J connectivity index is 1.99. The van der Waals surface area contributed by atoms with E-state index in [-0.39, 0.29) is 12.3 Å². The first-order valence-electron chi connectivity index (χ1n) is 7.00. The van der Waals surface area contributed by atoms with Gasteiger partial charge in [0.1, 0.15) is 11.7 Å². The maximum Gasteiger partial charge on any atom is 0.124 e. The van der Waals surface area contributed by atoms with E-state index in [4.69, 9.17) is 0 Å². The first-order valence-corrected chi connectivity index (χ1v) is 7.00. The van der Waals surface area contributed by atoms with Crippen LogP contribution in [0.1, 0.15) is 51.9 Å². The summed E-state index contributed by atoms with van der Waals surface area (Å²) >= 11 is 0. The molecule has 18 heavy (non-hydrogen) atoms. The molecular weight excluding hydrogens is 234 g/mol. The second-order valence-electron chi connectivity index (χ2n) is 5.79. The van der Waals surface area contributed by atoms with Crippen molar-refractivity contribution in [2.45, 2.75) is 57.5 Å². The third-order valence-electron chi connectivity index (χ3n) is 4.39. The fourth-order valence-electron chi connectivity index (χ4n) is 3.42. The van der Waals surface area contributed by atoms with Gasteiger partial charge in [0.25, 0.3) is 0 Å². The molecule has 0 aliphatic heterocycles. The van der Waals surface area contributed by atoms with Gasteiger partial charge in [-0.25, -0.2) is 8.78 Å². The van der Waals surface area contributed by atoms with Crippen LogP contribution in [0.5, 0.6) is 0 Å². The van der Waals surface area contributed by atoms with Gasteiger partial charge in [-0.15, -0.1) is 0 Å². The van der Waals surface area contributed by atoms with Crippen molar-refractivity contribution in [1.29, 1.82) is 0 Å². The zero-order valence-corrected chi connectivity index (χ0v) is 11.0. The molecule has 102 valence electrons. The van der Waals surface area contributed by atoms with Crippen molar-refractivity contribution < 1.29 is 13.9 Å². The third kappa shape index (κ3) is 3.00. The Bertz CT molecular complexity index is 354. The second kappa shape index (κ2) is 5.52. The highest BCUT2D eigenvalue weighted by Crippen LogP contribution is 2.42. The summed E-state index contributed by atoms with van der Waals surface area (Å²) in [4.78, 5) is 0. The first-order chi connectivity index (χ1) is 8.53. The van der Waals surface area contributed by atoms with Gasteiger partial charge in [-0.1, -0.05) is 32.6 Å². The molecule has 0 heterocycles. The van der Waals surface area contributed by atoms with E-state index in [2.05, 4.69) is 6.92 Å². The summed E-state index contributed by atoms with van der Waals surface area (Å²) in [5, 5.41) is 10.5. The predicted octanol–water partition coefficient (Wildman–Crippen LogP) is 4.43. The van der Waals surface area contributed by atoms with Crippen LogP contribution >= 0.6 is 0 Å². The van der Waals surface area contributed by atoms with Gasteiger partial charge >= 0.3 is 0 Å². The van der Waals surface area contributed by atoms with Crippen LogP contribution < -0.4 is 0 Å². The Morgan fingerprint density at radius 1 is 1.28 bits per heavy atom. The number of hydrogen-bond acceptors (Lipinski definition) is 1. The van der Waals surface area contributed by atoms with Crippen molar-refractivity contribution in [2.24, 2.45) is 11.8 Å². The zero-order chi connectivity index (χ0) is 13.2. The Morgan fingerprint density at radius 2 is 1.94 bits per heavy atom. The van der Waals surface area contributed by atoms with E-state index >= 15 is 0 Å². The van der Waals surface area contributed by atoms with Gasteiger partial charge in [-0.2, -0.15) is 0 Å². The molecule has 0 amide bonds. The minimum Gasteiger partial charge on any atom is -0.385 e. The predicted molar refractivity (Wildman–Crippen MR) is 68.3 cm³/mol. The Kier molecular flexibility index (Phi) is 4.21. The maximum absolute atomic E-state index is 13.3. The van der Waals surface area contributed by atoms with E-state index in [0.717, 1.165) is 37.7 Å². The van der Waals surface area contributed by atoms with Crippen molar-refractivity contribution in [3.05, 3.63) is 23.8 Å². The molecule has 0 aromatic rings. The van der Waals surface area contributed by atoms with Crippen LogP contribution in [0.25, 0.3) is 0 Å². The molecule has 3 heteroatoms. The minimum absolute atomic E-state index is 0.00388. The lowest BCUT2D eigenvalue weighted by molar-refractivity contribution is -0.00334. The number of allylic oxidation sites excluding steroid dienone is 2. The molecule has 0 radical (unpaired) electrons. The molecule has 1 fully saturated rings. The van der Waals surface area contributed by atoms with Crippen molar-refractivity contribution in [3.8, 4) is 0 Å². The van der Waals surface area contributed by atoms with Gasteiger partial charge < -0.3 is 5.11 Å². The second-order valence-corrected chi connectivity index (χ2v) is 5.79. The summed E-state index contributed by atoms with van der Waals surface area (Å²) < 4.78 is 26.6. The lowest BCUT2D eigenvalue weighted by Crippen LogP contribution is -2.39. The fourth-order valence-corrected chi connectivity index (χ4v) is 3.42. The quantitative estimate of drug-likeness (QED) is 0.791. The van der Waals surface area contributed by atoms with E-state index in [1.165, 1.54) is 18.9 Å². The van der Waals surface area contributed by atoms with Crippen LogP contribution in [0.15, 0.2) is 23.8 Å². The maximum atomic E-state index is 13.3. The molecule has 2 aliphatic carbocycles. The van der Waals surface area contributed by atoms with Gasteiger partial charge in [-0.3, -0.25) is 0 Å². The average molecular weight is 256 g/mol. The molecule has 1 unspecified atom stereocenters. The minimum atomic E-state index is -1.31.